The van der Waals surface area contributed by atoms with Gasteiger partial charge in [-0.1, -0.05) is 34.6 Å². The van der Waals surface area contributed by atoms with Gasteiger partial charge in [0.25, 0.3) is 0 Å². The first-order chi connectivity index (χ1) is 12.1. The Labute approximate surface area is 156 Å². The summed E-state index contributed by atoms with van der Waals surface area (Å²) in [6.45, 7) is 12.0. The summed E-state index contributed by atoms with van der Waals surface area (Å²) >= 11 is 0. The second kappa shape index (κ2) is 13.5. The Balaban J connectivity index is 3.41. The summed E-state index contributed by atoms with van der Waals surface area (Å²) in [5.74, 6) is -0.210. The Morgan fingerprint density at radius 2 is 1.38 bits per heavy atom. The average Bonchev–Trinajstić information content (AvgIpc) is 2.55. The summed E-state index contributed by atoms with van der Waals surface area (Å²) in [6.07, 6.45) is 0.264. The molecule has 0 aliphatic rings. The van der Waals surface area contributed by atoms with E-state index in [1.54, 1.807) is 0 Å². The minimum Gasteiger partial charge on any atom is -0.379 e. The Bertz CT molecular complexity index is 433. The third-order valence-electron chi connectivity index (χ3n) is 3.33. The average molecular weight is 373 g/mol. The Morgan fingerprint density at radius 3 is 1.96 bits per heavy atom. The summed E-state index contributed by atoms with van der Waals surface area (Å²) in [5.41, 5.74) is -0.399. The van der Waals surface area contributed by atoms with Gasteiger partial charge in [-0.05, 0) is 0 Å². The molecule has 0 aromatic carbocycles. The molecule has 3 N–H and O–H groups in total. The molecular weight excluding hydrogens is 338 g/mol. The summed E-state index contributed by atoms with van der Waals surface area (Å²) < 4.78 is 10.7. The van der Waals surface area contributed by atoms with Crippen LogP contribution in [0.1, 0.15) is 41.0 Å². The molecule has 0 spiro atoms. The third-order valence-corrected chi connectivity index (χ3v) is 3.33. The normalized spacial score (nSPS) is 11.3. The van der Waals surface area contributed by atoms with E-state index in [9.17, 15) is 14.4 Å². The second-order valence-electron chi connectivity index (χ2n) is 7.28. The van der Waals surface area contributed by atoms with Crippen LogP contribution in [0, 0.1) is 11.3 Å². The molecule has 0 saturated carbocycles. The number of nitrogens with one attached hydrogen (secondary N) is 3. The Hall–Kier alpha value is -1.67. The number of hydrogen-bond acceptors (Lipinski definition) is 5. The topological polar surface area (TPSA) is 106 Å². The van der Waals surface area contributed by atoms with Crippen molar-refractivity contribution in [2.45, 2.75) is 41.0 Å². The van der Waals surface area contributed by atoms with Gasteiger partial charge in [0.2, 0.25) is 17.7 Å². The number of carbonyl (C=O) groups is 3. The fourth-order valence-corrected chi connectivity index (χ4v) is 1.67. The first-order valence-corrected chi connectivity index (χ1v) is 9.12. The van der Waals surface area contributed by atoms with Crippen molar-refractivity contribution in [2.75, 3.05) is 46.1 Å². The summed E-state index contributed by atoms with van der Waals surface area (Å²) in [6, 6.07) is 0. The van der Waals surface area contributed by atoms with Crippen LogP contribution in [0.15, 0.2) is 0 Å². The molecule has 0 aromatic heterocycles. The lowest BCUT2D eigenvalue weighted by atomic mass is 9.96. The highest BCUT2D eigenvalue weighted by Crippen LogP contribution is 2.11. The van der Waals surface area contributed by atoms with Crippen LogP contribution in [0.25, 0.3) is 0 Å². The molecule has 152 valence electrons. The maximum Gasteiger partial charge on any atom is 0.225 e. The van der Waals surface area contributed by atoms with Crippen molar-refractivity contribution in [3.63, 3.8) is 0 Å². The predicted molar refractivity (Wildman–Crippen MR) is 99.6 cm³/mol. The molecule has 0 heterocycles. The van der Waals surface area contributed by atoms with E-state index in [-0.39, 0.29) is 30.1 Å². The number of ether oxygens (including phenoxy) is 2. The highest BCUT2D eigenvalue weighted by atomic mass is 16.5. The minimum atomic E-state index is -0.399. The van der Waals surface area contributed by atoms with E-state index in [1.165, 1.54) is 0 Å². The van der Waals surface area contributed by atoms with Crippen molar-refractivity contribution < 1.29 is 23.9 Å². The van der Waals surface area contributed by atoms with Gasteiger partial charge in [-0.15, -0.1) is 0 Å². The zero-order valence-electron chi connectivity index (χ0n) is 16.8. The summed E-state index contributed by atoms with van der Waals surface area (Å²) in [7, 11) is 0. The zero-order chi connectivity index (χ0) is 20.0. The van der Waals surface area contributed by atoms with E-state index >= 15 is 0 Å². The van der Waals surface area contributed by atoms with E-state index in [0.717, 1.165) is 0 Å². The van der Waals surface area contributed by atoms with Gasteiger partial charge < -0.3 is 25.4 Å². The van der Waals surface area contributed by atoms with Crippen LogP contribution in [0.2, 0.25) is 0 Å². The lowest BCUT2D eigenvalue weighted by molar-refractivity contribution is -0.128. The number of rotatable bonds is 13. The molecule has 0 rings (SSSR count). The van der Waals surface area contributed by atoms with Crippen LogP contribution < -0.4 is 16.0 Å². The zero-order valence-corrected chi connectivity index (χ0v) is 16.8. The smallest absolute Gasteiger partial charge is 0.225 e. The maximum atomic E-state index is 11.6. The number of hydrogen-bond donors (Lipinski definition) is 3. The van der Waals surface area contributed by atoms with Crippen molar-refractivity contribution in [3.05, 3.63) is 0 Å². The largest absolute Gasteiger partial charge is 0.379 e. The van der Waals surface area contributed by atoms with Gasteiger partial charge in [-0.3, -0.25) is 14.4 Å². The molecular formula is C18H35N3O5. The van der Waals surface area contributed by atoms with Crippen LogP contribution in [-0.4, -0.2) is 63.8 Å². The van der Waals surface area contributed by atoms with Crippen LogP contribution in [0.5, 0.6) is 0 Å². The van der Waals surface area contributed by atoms with E-state index in [4.69, 9.17) is 9.47 Å². The first kappa shape index (κ1) is 24.3. The highest BCUT2D eigenvalue weighted by Gasteiger charge is 2.20. The quantitative estimate of drug-likeness (QED) is 0.407. The maximum absolute atomic E-state index is 11.6. The fraction of sp³-hybridized carbons (Fsp3) is 0.833. The van der Waals surface area contributed by atoms with Gasteiger partial charge in [-0.2, -0.15) is 0 Å². The van der Waals surface area contributed by atoms with Crippen LogP contribution in [-0.2, 0) is 23.9 Å². The third kappa shape index (κ3) is 13.6. The number of carbonyl (C=O) groups excluding carboxylic acids is 3. The lowest BCUT2D eigenvalue weighted by Gasteiger charge is -2.17. The van der Waals surface area contributed by atoms with Crippen molar-refractivity contribution in [2.24, 2.45) is 11.3 Å². The minimum absolute atomic E-state index is 0.00728. The Kier molecular flexibility index (Phi) is 12.7. The molecule has 8 nitrogen and oxygen atoms in total. The molecule has 8 heteroatoms. The van der Waals surface area contributed by atoms with Crippen molar-refractivity contribution in [1.82, 2.24) is 16.0 Å². The van der Waals surface area contributed by atoms with E-state index in [0.29, 0.717) is 46.1 Å². The molecule has 0 fully saturated rings. The molecule has 26 heavy (non-hydrogen) atoms. The molecule has 0 saturated heterocycles. The van der Waals surface area contributed by atoms with Gasteiger partial charge in [0, 0.05) is 37.4 Å². The molecule has 3 amide bonds. The molecule has 0 atom stereocenters. The standard InChI is InChI=1S/C18H35N3O5/c1-14(2)16(23)20-8-7-19-15(22)6-10-25-12-13-26-11-9-21-17(24)18(3,4)5/h14H,6-13H2,1-5H3,(H,19,22)(H,20,23)(H,21,24). The van der Waals surface area contributed by atoms with Crippen molar-refractivity contribution >= 4 is 17.7 Å². The number of amides is 3. The fourth-order valence-electron chi connectivity index (χ4n) is 1.67. The van der Waals surface area contributed by atoms with E-state index in [1.807, 2.05) is 34.6 Å². The SMILES string of the molecule is CC(C)C(=O)NCCNC(=O)CCOCCOCCNC(=O)C(C)(C)C. The van der Waals surface area contributed by atoms with Gasteiger partial charge in [-0.25, -0.2) is 0 Å². The van der Waals surface area contributed by atoms with Crippen molar-refractivity contribution in [1.29, 1.82) is 0 Å². The highest BCUT2D eigenvalue weighted by molar-refractivity contribution is 5.81. The molecule has 0 unspecified atom stereocenters. The van der Waals surface area contributed by atoms with E-state index < -0.39 is 5.41 Å². The van der Waals surface area contributed by atoms with Gasteiger partial charge in [0.1, 0.15) is 0 Å². The summed E-state index contributed by atoms with van der Waals surface area (Å²) in [5, 5.41) is 8.23. The van der Waals surface area contributed by atoms with Crippen LogP contribution in [0.4, 0.5) is 0 Å². The second-order valence-corrected chi connectivity index (χ2v) is 7.28. The lowest BCUT2D eigenvalue weighted by Crippen LogP contribution is -2.36. The summed E-state index contributed by atoms with van der Waals surface area (Å²) in [4.78, 5) is 34.5. The van der Waals surface area contributed by atoms with Gasteiger partial charge >= 0.3 is 0 Å². The van der Waals surface area contributed by atoms with Crippen LogP contribution in [0.3, 0.4) is 0 Å². The molecule has 0 aliphatic carbocycles. The monoisotopic (exact) mass is 373 g/mol. The van der Waals surface area contributed by atoms with Gasteiger partial charge in [0.05, 0.1) is 26.4 Å². The van der Waals surface area contributed by atoms with E-state index in [2.05, 4.69) is 16.0 Å². The van der Waals surface area contributed by atoms with Crippen molar-refractivity contribution in [3.8, 4) is 0 Å². The van der Waals surface area contributed by atoms with Crippen LogP contribution >= 0.6 is 0 Å². The molecule has 0 bridgehead atoms. The Morgan fingerprint density at radius 1 is 0.808 bits per heavy atom. The van der Waals surface area contributed by atoms with Gasteiger partial charge in [0.15, 0.2) is 0 Å². The predicted octanol–water partition coefficient (Wildman–Crippen LogP) is 0.460. The molecule has 0 radical (unpaired) electrons. The molecule has 0 aliphatic heterocycles. The molecule has 0 aromatic rings. The first-order valence-electron chi connectivity index (χ1n) is 9.12.